The van der Waals surface area contributed by atoms with E-state index in [0.29, 0.717) is 24.0 Å². The molecule has 1 aliphatic rings. The lowest BCUT2D eigenvalue weighted by molar-refractivity contribution is 0.0887. The summed E-state index contributed by atoms with van der Waals surface area (Å²) in [7, 11) is 1.57. The highest BCUT2D eigenvalue weighted by molar-refractivity contribution is 5.92. The summed E-state index contributed by atoms with van der Waals surface area (Å²) in [4.78, 5) is 12.1. The standard InChI is InChI=1S/C13H21N3O3.ClH/c1-8-4-5-14-9(2)12(8)15-13(17)11-6-10(7-18-3)19-16-11;/h6,8-9,12,14H,4-5,7H2,1-3H3,(H,15,17);1H. The van der Waals surface area contributed by atoms with Crippen LogP contribution in [0.3, 0.4) is 0 Å². The van der Waals surface area contributed by atoms with Crippen LogP contribution in [0.15, 0.2) is 10.6 Å². The Balaban J connectivity index is 0.00000200. The van der Waals surface area contributed by atoms with Gasteiger partial charge in [0.05, 0.1) is 0 Å². The quantitative estimate of drug-likeness (QED) is 0.878. The average molecular weight is 304 g/mol. The van der Waals surface area contributed by atoms with Crippen LogP contribution in [0.5, 0.6) is 0 Å². The average Bonchev–Trinajstić information content (AvgIpc) is 2.83. The number of hydrogen-bond donors (Lipinski definition) is 2. The van der Waals surface area contributed by atoms with Gasteiger partial charge in [0.2, 0.25) is 0 Å². The molecule has 0 radical (unpaired) electrons. The molecule has 114 valence electrons. The maximum absolute atomic E-state index is 12.1. The zero-order valence-electron chi connectivity index (χ0n) is 12.0. The highest BCUT2D eigenvalue weighted by Gasteiger charge is 2.29. The third-order valence-corrected chi connectivity index (χ3v) is 3.59. The van der Waals surface area contributed by atoms with Gasteiger partial charge in [0.15, 0.2) is 11.5 Å². The second kappa shape index (κ2) is 7.61. The monoisotopic (exact) mass is 303 g/mol. The Morgan fingerprint density at radius 3 is 3.00 bits per heavy atom. The van der Waals surface area contributed by atoms with Gasteiger partial charge in [-0.1, -0.05) is 12.1 Å². The van der Waals surface area contributed by atoms with Crippen LogP contribution in [-0.2, 0) is 11.3 Å². The Kier molecular flexibility index (Phi) is 6.45. The van der Waals surface area contributed by atoms with Crippen molar-refractivity contribution >= 4 is 18.3 Å². The minimum atomic E-state index is -0.196. The van der Waals surface area contributed by atoms with Gasteiger partial charge in [0.25, 0.3) is 5.91 Å². The van der Waals surface area contributed by atoms with E-state index in [1.807, 2.05) is 0 Å². The molecule has 2 heterocycles. The van der Waals surface area contributed by atoms with Gasteiger partial charge in [-0.3, -0.25) is 4.79 Å². The second-order valence-electron chi connectivity index (χ2n) is 5.12. The van der Waals surface area contributed by atoms with Crippen molar-refractivity contribution in [2.24, 2.45) is 5.92 Å². The molecule has 0 saturated carbocycles. The third kappa shape index (κ3) is 3.94. The number of piperidine rings is 1. The highest BCUT2D eigenvalue weighted by Crippen LogP contribution is 2.17. The van der Waals surface area contributed by atoms with Crippen molar-refractivity contribution in [3.63, 3.8) is 0 Å². The molecular weight excluding hydrogens is 282 g/mol. The molecule has 1 aliphatic heterocycles. The van der Waals surface area contributed by atoms with Crippen molar-refractivity contribution in [1.82, 2.24) is 15.8 Å². The van der Waals surface area contributed by atoms with E-state index in [4.69, 9.17) is 9.26 Å². The van der Waals surface area contributed by atoms with Gasteiger partial charge in [0.1, 0.15) is 6.61 Å². The van der Waals surface area contributed by atoms with Crippen molar-refractivity contribution in [1.29, 1.82) is 0 Å². The molecule has 3 unspecified atom stereocenters. The zero-order chi connectivity index (χ0) is 13.8. The fourth-order valence-corrected chi connectivity index (χ4v) is 2.46. The summed E-state index contributed by atoms with van der Waals surface area (Å²) in [5, 5.41) is 10.2. The van der Waals surface area contributed by atoms with Crippen molar-refractivity contribution < 1.29 is 14.1 Å². The van der Waals surface area contributed by atoms with Crippen molar-refractivity contribution in [2.45, 2.75) is 39.0 Å². The lowest BCUT2D eigenvalue weighted by atomic mass is 9.89. The van der Waals surface area contributed by atoms with Crippen LogP contribution in [0.2, 0.25) is 0 Å². The van der Waals surface area contributed by atoms with Gasteiger partial charge in [-0.15, -0.1) is 12.4 Å². The van der Waals surface area contributed by atoms with Gasteiger partial charge in [0, 0.05) is 25.3 Å². The minimum Gasteiger partial charge on any atom is -0.377 e. The lowest BCUT2D eigenvalue weighted by Gasteiger charge is -2.35. The van der Waals surface area contributed by atoms with Crippen molar-refractivity contribution in [3.05, 3.63) is 17.5 Å². The Labute approximate surface area is 125 Å². The summed E-state index contributed by atoms with van der Waals surface area (Å²) >= 11 is 0. The highest BCUT2D eigenvalue weighted by atomic mass is 35.5. The van der Waals surface area contributed by atoms with E-state index in [2.05, 4.69) is 29.6 Å². The number of hydrogen-bond acceptors (Lipinski definition) is 5. The predicted molar refractivity (Wildman–Crippen MR) is 77.0 cm³/mol. The van der Waals surface area contributed by atoms with Crippen LogP contribution >= 0.6 is 12.4 Å². The third-order valence-electron chi connectivity index (χ3n) is 3.59. The number of nitrogens with zero attached hydrogens (tertiary/aromatic N) is 1. The smallest absolute Gasteiger partial charge is 0.273 e. The molecule has 0 spiro atoms. The van der Waals surface area contributed by atoms with E-state index in [1.54, 1.807) is 13.2 Å². The number of methoxy groups -OCH3 is 1. The first-order chi connectivity index (χ1) is 9.11. The van der Waals surface area contributed by atoms with E-state index in [9.17, 15) is 4.79 Å². The van der Waals surface area contributed by atoms with Gasteiger partial charge >= 0.3 is 0 Å². The van der Waals surface area contributed by atoms with Crippen LogP contribution in [0, 0.1) is 5.92 Å². The zero-order valence-corrected chi connectivity index (χ0v) is 12.8. The van der Waals surface area contributed by atoms with E-state index < -0.39 is 0 Å². The number of ether oxygens (including phenoxy) is 1. The molecule has 6 nitrogen and oxygen atoms in total. The molecule has 2 N–H and O–H groups in total. The van der Waals surface area contributed by atoms with Crippen molar-refractivity contribution in [2.75, 3.05) is 13.7 Å². The fourth-order valence-electron chi connectivity index (χ4n) is 2.46. The molecule has 7 heteroatoms. The molecule has 20 heavy (non-hydrogen) atoms. The molecule has 2 rings (SSSR count). The summed E-state index contributed by atoms with van der Waals surface area (Å²) in [5.41, 5.74) is 0.303. The molecule has 1 saturated heterocycles. The Morgan fingerprint density at radius 2 is 2.35 bits per heavy atom. The van der Waals surface area contributed by atoms with Crippen LogP contribution < -0.4 is 10.6 Å². The number of rotatable bonds is 4. The molecule has 1 aromatic rings. The summed E-state index contributed by atoms with van der Waals surface area (Å²) < 4.78 is 9.95. The molecule has 3 atom stereocenters. The van der Waals surface area contributed by atoms with Crippen LogP contribution in [-0.4, -0.2) is 36.8 Å². The molecule has 0 aromatic carbocycles. The summed E-state index contributed by atoms with van der Waals surface area (Å²) in [5.74, 6) is 0.805. The lowest BCUT2D eigenvalue weighted by Crippen LogP contribution is -2.55. The first kappa shape index (κ1) is 16.9. The normalized spacial score (nSPS) is 25.9. The topological polar surface area (TPSA) is 76.4 Å². The SMILES string of the molecule is COCc1cc(C(=O)NC2C(C)CCNC2C)no1.Cl. The van der Waals surface area contributed by atoms with E-state index >= 15 is 0 Å². The number of aromatic nitrogens is 1. The van der Waals surface area contributed by atoms with Crippen LogP contribution in [0.1, 0.15) is 36.5 Å². The fraction of sp³-hybridized carbons (Fsp3) is 0.692. The Hall–Kier alpha value is -1.11. The number of amides is 1. The minimum absolute atomic E-state index is 0. The van der Waals surface area contributed by atoms with E-state index in [1.165, 1.54) is 0 Å². The summed E-state index contributed by atoms with van der Waals surface area (Å²) in [6.45, 7) is 5.55. The number of carbonyl (C=O) groups is 1. The maximum atomic E-state index is 12.1. The Bertz CT molecular complexity index is 428. The van der Waals surface area contributed by atoms with Gasteiger partial charge in [-0.25, -0.2) is 0 Å². The molecule has 1 aromatic heterocycles. The Morgan fingerprint density at radius 1 is 1.60 bits per heavy atom. The molecule has 0 bridgehead atoms. The van der Waals surface area contributed by atoms with Gasteiger partial charge < -0.3 is 19.9 Å². The molecule has 1 amide bonds. The molecule has 0 aliphatic carbocycles. The largest absolute Gasteiger partial charge is 0.377 e. The van der Waals surface area contributed by atoms with Crippen LogP contribution in [0.25, 0.3) is 0 Å². The van der Waals surface area contributed by atoms with Gasteiger partial charge in [-0.05, 0) is 25.8 Å². The summed E-state index contributed by atoms with van der Waals surface area (Å²) in [6, 6.07) is 1.99. The molecule has 1 fully saturated rings. The number of halogens is 1. The first-order valence-electron chi connectivity index (χ1n) is 6.60. The van der Waals surface area contributed by atoms with E-state index in [0.717, 1.165) is 13.0 Å². The van der Waals surface area contributed by atoms with Crippen molar-refractivity contribution in [3.8, 4) is 0 Å². The number of carbonyl (C=O) groups excluding carboxylic acids is 1. The second-order valence-corrected chi connectivity index (χ2v) is 5.12. The summed E-state index contributed by atoms with van der Waals surface area (Å²) in [6.07, 6.45) is 1.06. The predicted octanol–water partition coefficient (Wildman–Crippen LogP) is 1.36. The van der Waals surface area contributed by atoms with E-state index in [-0.39, 0.29) is 30.4 Å². The molecular formula is C13H22ClN3O3. The van der Waals surface area contributed by atoms with Crippen LogP contribution in [0.4, 0.5) is 0 Å². The maximum Gasteiger partial charge on any atom is 0.273 e. The first-order valence-corrected chi connectivity index (χ1v) is 6.60. The van der Waals surface area contributed by atoms with Gasteiger partial charge in [-0.2, -0.15) is 0 Å². The number of nitrogens with one attached hydrogen (secondary N) is 2.